The van der Waals surface area contributed by atoms with E-state index in [0.717, 1.165) is 40.1 Å². The fraction of sp³-hybridized carbons (Fsp3) is 0.429. The lowest BCUT2D eigenvalue weighted by atomic mass is 10.0. The molecule has 1 aliphatic carbocycles. The Morgan fingerprint density at radius 3 is 2.39 bits per heavy atom. The summed E-state index contributed by atoms with van der Waals surface area (Å²) in [5.74, 6) is -3.85. The van der Waals surface area contributed by atoms with Gasteiger partial charge in [-0.15, -0.1) is 0 Å². The number of halogens is 2. The number of imide groups is 2. The molecule has 7 heterocycles. The second kappa shape index (κ2) is 26.6. The number of nitrogens with zero attached hydrogens (tertiary/aromatic N) is 7. The highest BCUT2D eigenvalue weighted by atomic mass is 19.3. The third kappa shape index (κ3) is 14.1. The second-order valence-electron chi connectivity index (χ2n) is 20.7. The lowest BCUT2D eigenvalue weighted by Gasteiger charge is -2.27. The summed E-state index contributed by atoms with van der Waals surface area (Å²) in [6.07, 6.45) is 1.61. The van der Waals surface area contributed by atoms with E-state index in [-0.39, 0.29) is 113 Å². The Kier molecular flexibility index (Phi) is 18.4. The smallest absolute Gasteiger partial charge is 0.408 e. The third-order valence-corrected chi connectivity index (χ3v) is 14.8. The zero-order valence-electron chi connectivity index (χ0n) is 45.7. The van der Waals surface area contributed by atoms with Gasteiger partial charge in [0.1, 0.15) is 42.9 Å². The number of esters is 1. The first-order chi connectivity index (χ1) is 41.1. The monoisotopic (exact) mass is 1180 g/mol. The van der Waals surface area contributed by atoms with Crippen LogP contribution < -0.4 is 26.6 Å². The highest BCUT2D eigenvalue weighted by Gasteiger charge is 2.46. The highest BCUT2D eigenvalue weighted by molar-refractivity contribution is 6.25. The van der Waals surface area contributed by atoms with Crippen LogP contribution in [0.5, 0.6) is 0 Å². The minimum atomic E-state index is -3.06. The number of hydrogen-bond donors (Lipinski definition) is 6. The number of fused-ring (bicyclic) bond motifs is 1. The zero-order valence-corrected chi connectivity index (χ0v) is 45.7. The first kappa shape index (κ1) is 59.0. The number of piperidine rings is 1. The molecule has 0 bridgehead atoms. The molecule has 5 aromatic rings. The van der Waals surface area contributed by atoms with Crippen molar-refractivity contribution >= 4 is 70.6 Å². The van der Waals surface area contributed by atoms with E-state index in [0.29, 0.717) is 40.7 Å². The number of oxazole rings is 1. The molecular weight excluding hydrogens is 1120 g/mol. The van der Waals surface area contributed by atoms with Crippen LogP contribution in [0, 0.1) is 5.92 Å². The van der Waals surface area contributed by atoms with Crippen molar-refractivity contribution in [3.05, 3.63) is 101 Å². The molecule has 4 aliphatic heterocycles. The van der Waals surface area contributed by atoms with Gasteiger partial charge in [0.15, 0.2) is 11.4 Å². The number of likely N-dealkylation sites (tertiary alicyclic amines) is 2. The average Bonchev–Trinajstić information content (AvgIpc) is 1.89. The Balaban J connectivity index is 0.679. The number of carbonyl (C=O) groups is 9. The molecule has 8 amide bonds. The Hall–Kier alpha value is -9.22. The number of amides is 8. The molecular formula is C56H60F2N12O15. The molecule has 27 nitrogen and oxygen atoms in total. The number of benzene rings is 2. The predicted molar refractivity (Wildman–Crippen MR) is 291 cm³/mol. The third-order valence-electron chi connectivity index (χ3n) is 14.8. The number of anilines is 3. The number of carboxylic acid groups (broad SMARTS) is 1. The van der Waals surface area contributed by atoms with Gasteiger partial charge in [0.2, 0.25) is 29.5 Å². The maximum atomic E-state index is 14.3. The van der Waals surface area contributed by atoms with Gasteiger partial charge in [0.05, 0.1) is 68.3 Å². The van der Waals surface area contributed by atoms with Gasteiger partial charge in [0, 0.05) is 56.5 Å². The maximum Gasteiger partial charge on any atom is 0.408 e. The number of alkyl halides is 2. The van der Waals surface area contributed by atoms with Crippen LogP contribution in [-0.2, 0) is 49.5 Å². The number of rotatable bonds is 26. The summed E-state index contributed by atoms with van der Waals surface area (Å²) in [5.41, 5.74) is 0.998. The van der Waals surface area contributed by atoms with E-state index in [1.807, 2.05) is 0 Å². The topological polar surface area (TPSA) is 337 Å². The molecule has 1 saturated carbocycles. The highest BCUT2D eigenvalue weighted by Crippen LogP contribution is 2.34. The number of hydrogen-bond acceptors (Lipinski definition) is 19. The van der Waals surface area contributed by atoms with E-state index >= 15 is 0 Å². The predicted octanol–water partition coefficient (Wildman–Crippen LogP) is 3.77. The van der Waals surface area contributed by atoms with Crippen molar-refractivity contribution in [2.24, 2.45) is 5.92 Å². The molecule has 4 fully saturated rings. The number of carbonyl (C=O) groups excluding carboxylic acids is 8. The molecule has 10 rings (SSSR count). The Labute approximate surface area is 483 Å². The van der Waals surface area contributed by atoms with Crippen LogP contribution in [0.25, 0.3) is 17.1 Å². The first-order valence-corrected chi connectivity index (χ1v) is 27.6. The molecule has 1 unspecified atom stereocenters. The number of aromatic nitrogens is 4. The summed E-state index contributed by atoms with van der Waals surface area (Å²) >= 11 is 0. The van der Waals surface area contributed by atoms with Gasteiger partial charge in [0.25, 0.3) is 24.1 Å². The van der Waals surface area contributed by atoms with Crippen LogP contribution in [-0.4, -0.2) is 183 Å². The molecule has 29 heteroatoms. The molecule has 2 aromatic carbocycles. The second-order valence-corrected chi connectivity index (χ2v) is 20.7. The fourth-order valence-corrected chi connectivity index (χ4v) is 10.3. The first-order valence-electron chi connectivity index (χ1n) is 27.6. The van der Waals surface area contributed by atoms with Crippen molar-refractivity contribution < 1.29 is 80.4 Å². The van der Waals surface area contributed by atoms with Crippen molar-refractivity contribution in [1.29, 1.82) is 0 Å². The van der Waals surface area contributed by atoms with Gasteiger partial charge in [-0.1, -0.05) is 18.2 Å². The van der Waals surface area contributed by atoms with Gasteiger partial charge >= 0.3 is 12.1 Å². The Morgan fingerprint density at radius 1 is 0.859 bits per heavy atom. The van der Waals surface area contributed by atoms with Crippen LogP contribution in [0.4, 0.5) is 30.8 Å². The van der Waals surface area contributed by atoms with Crippen molar-refractivity contribution in [2.75, 3.05) is 81.8 Å². The molecule has 5 aliphatic rings. The summed E-state index contributed by atoms with van der Waals surface area (Å²) in [6, 6.07) is 11.2. The van der Waals surface area contributed by atoms with Crippen LogP contribution in [0.2, 0.25) is 0 Å². The van der Waals surface area contributed by atoms with E-state index in [2.05, 4.69) is 41.7 Å². The fourth-order valence-electron chi connectivity index (χ4n) is 10.3. The summed E-state index contributed by atoms with van der Waals surface area (Å²) in [4.78, 5) is 128. The normalized spacial score (nSPS) is 19.3. The van der Waals surface area contributed by atoms with Crippen LogP contribution in [0.1, 0.15) is 93.8 Å². The molecule has 3 saturated heterocycles. The summed E-state index contributed by atoms with van der Waals surface area (Å²) in [5, 5.41) is 27.4. The quantitative estimate of drug-likeness (QED) is 0.0261. The molecule has 85 heavy (non-hydrogen) atoms. The molecule has 3 aromatic heterocycles. The number of ether oxygens (including phenoxy) is 4. The van der Waals surface area contributed by atoms with Gasteiger partial charge in [-0.25, -0.2) is 33.0 Å². The molecule has 6 N–H and O–H groups in total. The average molecular weight is 1180 g/mol. The minimum Gasteiger partial charge on any atom is -0.465 e. The van der Waals surface area contributed by atoms with Crippen molar-refractivity contribution in [1.82, 2.24) is 45.1 Å². The minimum absolute atomic E-state index is 0.00228. The molecule has 0 spiro atoms. The Bertz CT molecular complexity index is 3350. The summed E-state index contributed by atoms with van der Waals surface area (Å²) < 4.78 is 57.8. The lowest BCUT2D eigenvalue weighted by molar-refractivity contribution is -0.154. The number of pyridine rings is 1. The maximum absolute atomic E-state index is 14.3. The van der Waals surface area contributed by atoms with Crippen LogP contribution in [0.3, 0.4) is 0 Å². The van der Waals surface area contributed by atoms with E-state index < -0.39 is 96.4 Å². The number of nitrogens with one attached hydrogen (secondary N) is 5. The SMILES string of the molecule is O=C1CCC(N2C(=O)c3cccc(NCCOCCOCCOCC(=O)N4C[C@H](OC(=O)[C@@H]5CCCN5C(=O)O)C[C@H]4C(=O)NCc4ccc(-n5cc(NC(=O)c6coc(-c7ccnc(NCC8CC8)c7)n6)c(C(F)F)n5)cc4)c3C2=O)C(=O)N1. The van der Waals surface area contributed by atoms with E-state index in [1.54, 1.807) is 54.7 Å². The van der Waals surface area contributed by atoms with Crippen molar-refractivity contribution in [2.45, 2.75) is 82.1 Å². The molecule has 4 atom stereocenters. The van der Waals surface area contributed by atoms with E-state index in [1.165, 1.54) is 17.2 Å². The van der Waals surface area contributed by atoms with E-state index in [4.69, 9.17) is 23.4 Å². The van der Waals surface area contributed by atoms with Gasteiger partial charge in [-0.3, -0.25) is 48.7 Å². The standard InChI is InChI=1S/C56H60F2N12O15/c57-48(58)47-38(63-49(73)39-29-84-52(64-39)33-14-15-60-43(23-33)61-25-31-6-7-31)28-69(66-47)34-10-8-32(9-11-34)26-62-50(74)42-24-35(85-55(78)41-5-2-17-67(41)56(79)80)27-68(42)45(72)30-83-22-21-82-20-19-81-18-16-59-37-4-1-3-36-46(37)54(77)70(53(36)76)40-12-13-44(71)65-51(40)75/h1,3-4,8-11,14-15,23,28-29,31,35,40-42,48,59H,2,5-7,12-13,16-22,24-27,30H2,(H,60,61)(H,62,74)(H,63,73)(H,79,80)(H,65,71,75)/t35-,40?,41+,42+/m1/s1. The lowest BCUT2D eigenvalue weighted by Crippen LogP contribution is -2.54. The van der Waals surface area contributed by atoms with Crippen LogP contribution >= 0.6 is 0 Å². The molecule has 448 valence electrons. The van der Waals surface area contributed by atoms with Crippen LogP contribution in [0.15, 0.2) is 77.7 Å². The summed E-state index contributed by atoms with van der Waals surface area (Å²) in [6.45, 7) is 1.06. The van der Waals surface area contributed by atoms with Gasteiger partial charge in [-0.05, 0) is 80.0 Å². The summed E-state index contributed by atoms with van der Waals surface area (Å²) in [7, 11) is 0. The Morgan fingerprint density at radius 2 is 1.64 bits per heavy atom. The molecule has 0 radical (unpaired) electrons. The van der Waals surface area contributed by atoms with E-state index in [9.17, 15) is 57.0 Å². The van der Waals surface area contributed by atoms with Gasteiger partial charge < -0.3 is 54.6 Å². The van der Waals surface area contributed by atoms with Gasteiger partial charge in [-0.2, -0.15) is 5.10 Å². The zero-order chi connectivity index (χ0) is 59.7. The largest absolute Gasteiger partial charge is 0.465 e. The van der Waals surface area contributed by atoms with Crippen molar-refractivity contribution in [3.63, 3.8) is 0 Å². The van der Waals surface area contributed by atoms with Crippen molar-refractivity contribution in [3.8, 4) is 17.1 Å².